The Morgan fingerprint density at radius 2 is 1.68 bits per heavy atom. The molecule has 1 heterocycles. The van der Waals surface area contributed by atoms with Gasteiger partial charge in [-0.1, -0.05) is 23.7 Å². The molecule has 9 heteroatoms. The number of halogens is 3. The number of aliphatic hydroxyl groups is 1. The molecule has 4 rings (SSSR count). The van der Waals surface area contributed by atoms with E-state index in [1.807, 2.05) is 26.0 Å². The van der Waals surface area contributed by atoms with Gasteiger partial charge in [0.05, 0.1) is 24.3 Å². The third-order valence-corrected chi connectivity index (χ3v) is 6.61. The van der Waals surface area contributed by atoms with Gasteiger partial charge in [-0.3, -0.25) is 14.5 Å². The monoisotopic (exact) mass is 526 g/mol. The number of aliphatic hydroxyl groups excluding tert-OH is 1. The van der Waals surface area contributed by atoms with Crippen molar-refractivity contribution in [3.8, 4) is 5.75 Å². The van der Waals surface area contributed by atoms with E-state index in [2.05, 4.69) is 4.90 Å². The lowest BCUT2D eigenvalue weighted by molar-refractivity contribution is -0.132. The smallest absolute Gasteiger partial charge is 0.300 e. The van der Waals surface area contributed by atoms with Crippen molar-refractivity contribution in [2.24, 2.45) is 0 Å². The highest BCUT2D eigenvalue weighted by atomic mass is 35.5. The molecule has 1 aliphatic heterocycles. The molecule has 0 spiro atoms. The lowest BCUT2D eigenvalue weighted by Gasteiger charge is -2.27. The second-order valence-corrected chi connectivity index (χ2v) is 8.81. The average Bonchev–Trinajstić information content (AvgIpc) is 3.16. The van der Waals surface area contributed by atoms with E-state index in [-0.39, 0.29) is 27.6 Å². The Labute approximate surface area is 218 Å². The topological polar surface area (TPSA) is 70.1 Å². The van der Waals surface area contributed by atoms with Crippen molar-refractivity contribution in [2.45, 2.75) is 19.9 Å². The van der Waals surface area contributed by atoms with Crippen LogP contribution in [0.25, 0.3) is 5.76 Å². The number of methoxy groups -OCH3 is 1. The minimum absolute atomic E-state index is 0.0315. The predicted octanol–water partition coefficient (Wildman–Crippen LogP) is 6.10. The van der Waals surface area contributed by atoms with Gasteiger partial charge in [0.2, 0.25) is 0 Å². The third kappa shape index (κ3) is 4.76. The highest BCUT2D eigenvalue weighted by Crippen LogP contribution is 2.44. The minimum atomic E-state index is -1.17. The lowest BCUT2D eigenvalue weighted by atomic mass is 9.94. The van der Waals surface area contributed by atoms with Crippen LogP contribution < -0.4 is 14.5 Å². The summed E-state index contributed by atoms with van der Waals surface area (Å²) in [6.45, 7) is 5.59. The van der Waals surface area contributed by atoms with E-state index in [9.17, 15) is 23.5 Å². The Bertz CT molecular complexity index is 1390. The van der Waals surface area contributed by atoms with Crippen molar-refractivity contribution in [2.75, 3.05) is 30.0 Å². The first-order valence-electron chi connectivity index (χ1n) is 11.7. The van der Waals surface area contributed by atoms with Crippen LogP contribution in [0.3, 0.4) is 0 Å². The molecule has 0 aliphatic carbocycles. The number of rotatable bonds is 7. The summed E-state index contributed by atoms with van der Waals surface area (Å²) in [5, 5.41) is 11.6. The van der Waals surface area contributed by atoms with Crippen LogP contribution in [0.1, 0.15) is 31.0 Å². The number of anilines is 2. The summed E-state index contributed by atoms with van der Waals surface area (Å²) in [5.74, 6) is -4.51. The molecular formula is C28H25ClF2N2O4. The molecule has 0 saturated carbocycles. The van der Waals surface area contributed by atoms with Crippen LogP contribution in [0.5, 0.6) is 5.75 Å². The highest BCUT2D eigenvalue weighted by molar-refractivity contribution is 6.51. The van der Waals surface area contributed by atoms with Crippen molar-refractivity contribution >= 4 is 40.4 Å². The fraction of sp³-hybridized carbons (Fsp3) is 0.214. The zero-order valence-electron chi connectivity index (χ0n) is 20.5. The normalized spacial score (nSPS) is 16.8. The van der Waals surface area contributed by atoms with Gasteiger partial charge in [-0.05, 0) is 61.9 Å². The van der Waals surface area contributed by atoms with Gasteiger partial charge in [-0.2, -0.15) is 0 Å². The summed E-state index contributed by atoms with van der Waals surface area (Å²) >= 11 is 6.14. The van der Waals surface area contributed by atoms with Gasteiger partial charge in [-0.15, -0.1) is 0 Å². The summed E-state index contributed by atoms with van der Waals surface area (Å²) in [7, 11) is 1.39. The molecule has 1 atom stereocenters. The molecule has 1 fully saturated rings. The van der Waals surface area contributed by atoms with Crippen molar-refractivity contribution in [1.29, 1.82) is 0 Å². The molecule has 192 valence electrons. The summed E-state index contributed by atoms with van der Waals surface area (Å²) in [6, 6.07) is 13.5. The van der Waals surface area contributed by atoms with Crippen molar-refractivity contribution in [3.05, 3.63) is 94.0 Å². The number of carbonyl (C=O) groups excluding carboxylic acids is 2. The van der Waals surface area contributed by atoms with Gasteiger partial charge in [0, 0.05) is 35.6 Å². The molecule has 0 radical (unpaired) electrons. The number of hydrogen-bond acceptors (Lipinski definition) is 5. The summed E-state index contributed by atoms with van der Waals surface area (Å²) in [4.78, 5) is 29.8. The number of nitrogens with zero attached hydrogens (tertiary/aromatic N) is 2. The third-order valence-electron chi connectivity index (χ3n) is 6.38. The second-order valence-electron chi connectivity index (χ2n) is 8.38. The predicted molar refractivity (Wildman–Crippen MR) is 139 cm³/mol. The Morgan fingerprint density at radius 1 is 1.00 bits per heavy atom. The highest BCUT2D eigenvalue weighted by Gasteiger charge is 2.47. The zero-order valence-corrected chi connectivity index (χ0v) is 21.2. The molecule has 1 aliphatic rings. The van der Waals surface area contributed by atoms with Crippen LogP contribution in [0, 0.1) is 11.6 Å². The molecule has 37 heavy (non-hydrogen) atoms. The molecule has 3 aromatic carbocycles. The lowest BCUT2D eigenvalue weighted by Crippen LogP contribution is -2.29. The zero-order chi connectivity index (χ0) is 26.9. The van der Waals surface area contributed by atoms with Gasteiger partial charge < -0.3 is 14.7 Å². The number of carbonyl (C=O) groups is 2. The number of hydrogen-bond donors (Lipinski definition) is 1. The quantitative estimate of drug-likeness (QED) is 0.229. The minimum Gasteiger partial charge on any atom is -0.507 e. The number of benzene rings is 3. The molecule has 0 bridgehead atoms. The van der Waals surface area contributed by atoms with E-state index in [0.29, 0.717) is 5.56 Å². The Balaban J connectivity index is 1.95. The van der Waals surface area contributed by atoms with Crippen molar-refractivity contribution < 1.29 is 28.2 Å². The Kier molecular flexibility index (Phi) is 7.50. The number of Topliss-reactive ketones (excluding diaryl/α,β-unsaturated/α-hetero) is 1. The number of amides is 1. The molecule has 0 aromatic heterocycles. The molecule has 6 nitrogen and oxygen atoms in total. The molecule has 1 amide bonds. The number of ketones is 1. The molecule has 1 unspecified atom stereocenters. The maximum absolute atomic E-state index is 14.2. The van der Waals surface area contributed by atoms with E-state index in [4.69, 9.17) is 16.3 Å². The van der Waals surface area contributed by atoms with Crippen molar-refractivity contribution in [3.63, 3.8) is 0 Å². The van der Waals surface area contributed by atoms with Gasteiger partial charge in [-0.25, -0.2) is 8.78 Å². The van der Waals surface area contributed by atoms with Gasteiger partial charge in [0.25, 0.3) is 11.7 Å². The molecule has 1 saturated heterocycles. The first kappa shape index (κ1) is 26.2. The fourth-order valence-corrected chi connectivity index (χ4v) is 4.69. The maximum atomic E-state index is 14.2. The SMILES string of the molecule is CCN(CC)c1ccc(C2/C(=C(\O)c3cc(Cl)ccc3OC)C(=O)C(=O)N2c2ccc(F)c(F)c2)cc1. The number of ether oxygens (including phenoxy) is 1. The average molecular weight is 527 g/mol. The maximum Gasteiger partial charge on any atom is 0.300 e. The molecule has 1 N–H and O–H groups in total. The molecular weight excluding hydrogens is 502 g/mol. The largest absolute Gasteiger partial charge is 0.507 e. The fourth-order valence-electron chi connectivity index (χ4n) is 4.52. The first-order valence-corrected chi connectivity index (χ1v) is 12.0. The van der Waals surface area contributed by atoms with Crippen LogP contribution >= 0.6 is 11.6 Å². The van der Waals surface area contributed by atoms with Crippen LogP contribution in [0.2, 0.25) is 5.02 Å². The van der Waals surface area contributed by atoms with E-state index in [1.54, 1.807) is 18.2 Å². The van der Waals surface area contributed by atoms with Crippen LogP contribution in [-0.4, -0.2) is 37.0 Å². The van der Waals surface area contributed by atoms with E-state index in [0.717, 1.165) is 35.8 Å². The van der Waals surface area contributed by atoms with Crippen LogP contribution in [-0.2, 0) is 9.59 Å². The van der Waals surface area contributed by atoms with E-state index in [1.165, 1.54) is 25.3 Å². The summed E-state index contributed by atoms with van der Waals surface area (Å²) in [6.07, 6.45) is 0. The summed E-state index contributed by atoms with van der Waals surface area (Å²) < 4.78 is 33.2. The van der Waals surface area contributed by atoms with Crippen LogP contribution in [0.4, 0.5) is 20.2 Å². The first-order chi connectivity index (χ1) is 17.7. The molecule has 3 aromatic rings. The van der Waals surface area contributed by atoms with Gasteiger partial charge >= 0.3 is 0 Å². The van der Waals surface area contributed by atoms with Gasteiger partial charge in [0.1, 0.15) is 11.5 Å². The van der Waals surface area contributed by atoms with E-state index >= 15 is 0 Å². The van der Waals surface area contributed by atoms with Crippen molar-refractivity contribution in [1.82, 2.24) is 0 Å². The Hall–Kier alpha value is -3.91. The second kappa shape index (κ2) is 10.6. The van der Waals surface area contributed by atoms with Crippen LogP contribution in [0.15, 0.2) is 66.2 Å². The van der Waals surface area contributed by atoms with Gasteiger partial charge in [0.15, 0.2) is 11.6 Å². The van der Waals surface area contributed by atoms with E-state index < -0.39 is 35.1 Å². The Morgan fingerprint density at radius 3 is 2.27 bits per heavy atom. The summed E-state index contributed by atoms with van der Waals surface area (Å²) in [5.41, 5.74) is 1.27. The standard InChI is InChI=1S/C28H25ClF2N2O4/c1-4-32(5-2)18-9-6-16(7-10-18)25-24(26(34)20-14-17(29)8-13-23(20)37-3)27(35)28(36)33(25)19-11-12-21(30)22(31)15-19/h6-15,25,34H,4-5H2,1-3H3/b26-24+.